The van der Waals surface area contributed by atoms with Crippen molar-refractivity contribution in [3.8, 4) is 11.1 Å². The molecule has 0 amide bonds. The second kappa shape index (κ2) is 6.88. The van der Waals surface area contributed by atoms with Gasteiger partial charge >= 0.3 is 58.2 Å². The van der Waals surface area contributed by atoms with E-state index < -0.39 is 0 Å². The molecule has 2 rings (SSSR count). The summed E-state index contributed by atoms with van der Waals surface area (Å²) in [5.74, 6) is -0.615. The summed E-state index contributed by atoms with van der Waals surface area (Å²) in [7, 11) is 0. The second-order valence-corrected chi connectivity index (χ2v) is 3.57. The zero-order valence-corrected chi connectivity index (χ0v) is 14.6. The maximum Gasteiger partial charge on any atom is 1.00 e. The SMILES string of the molecule is [CH2-]Cc1ccc(-c2cccc(F)c2)cc1F.[Rb+]. The van der Waals surface area contributed by atoms with Crippen molar-refractivity contribution in [1.29, 1.82) is 0 Å². The molecule has 0 radical (unpaired) electrons. The van der Waals surface area contributed by atoms with E-state index in [1.165, 1.54) is 18.2 Å². The van der Waals surface area contributed by atoms with Crippen LogP contribution in [0.15, 0.2) is 42.5 Å². The summed E-state index contributed by atoms with van der Waals surface area (Å²) < 4.78 is 26.5. The Morgan fingerprint density at radius 3 is 2.24 bits per heavy atom. The summed E-state index contributed by atoms with van der Waals surface area (Å²) in [4.78, 5) is 0. The molecule has 0 aliphatic carbocycles. The van der Waals surface area contributed by atoms with Gasteiger partial charge < -0.3 is 6.92 Å². The maximum atomic E-state index is 13.5. The van der Waals surface area contributed by atoms with Crippen LogP contribution in [0.5, 0.6) is 0 Å². The van der Waals surface area contributed by atoms with Crippen LogP contribution >= 0.6 is 0 Å². The van der Waals surface area contributed by atoms with Gasteiger partial charge in [-0.2, -0.15) is 6.42 Å². The van der Waals surface area contributed by atoms with Gasteiger partial charge in [-0.25, -0.2) is 8.78 Å². The van der Waals surface area contributed by atoms with Crippen molar-refractivity contribution in [3.05, 3.63) is 66.6 Å². The molecule has 3 heteroatoms. The topological polar surface area (TPSA) is 0 Å². The first kappa shape index (κ1) is 15.2. The fourth-order valence-electron chi connectivity index (χ4n) is 1.60. The molecule has 0 bridgehead atoms. The number of rotatable bonds is 2. The van der Waals surface area contributed by atoms with Gasteiger partial charge in [-0.05, 0) is 34.9 Å². The molecule has 0 fully saturated rings. The average Bonchev–Trinajstić information content (AvgIpc) is 2.29. The van der Waals surface area contributed by atoms with Crippen molar-refractivity contribution in [3.63, 3.8) is 0 Å². The molecule has 2 aromatic carbocycles. The summed E-state index contributed by atoms with van der Waals surface area (Å²) in [6.45, 7) is 3.63. The monoisotopic (exact) mass is 302 g/mol. The molecule has 0 nitrogen and oxygen atoms in total. The van der Waals surface area contributed by atoms with Crippen LogP contribution < -0.4 is 58.2 Å². The summed E-state index contributed by atoms with van der Waals surface area (Å²) in [6.07, 6.45) is 0.412. The van der Waals surface area contributed by atoms with Crippen LogP contribution in [0.1, 0.15) is 5.56 Å². The predicted octanol–water partition coefficient (Wildman–Crippen LogP) is 1.01. The van der Waals surface area contributed by atoms with Crippen molar-refractivity contribution in [1.82, 2.24) is 0 Å². The Morgan fingerprint density at radius 1 is 0.941 bits per heavy atom. The molecular weight excluding hydrogens is 292 g/mol. The number of hydrogen-bond donors (Lipinski definition) is 0. The van der Waals surface area contributed by atoms with Gasteiger partial charge in [-0.3, -0.25) is 0 Å². The van der Waals surface area contributed by atoms with Gasteiger partial charge in [0.2, 0.25) is 0 Å². The zero-order chi connectivity index (χ0) is 11.5. The van der Waals surface area contributed by atoms with Crippen LogP contribution in [-0.2, 0) is 6.42 Å². The molecule has 0 unspecified atom stereocenters. The zero-order valence-electron chi connectivity index (χ0n) is 9.71. The van der Waals surface area contributed by atoms with Crippen molar-refractivity contribution in [2.24, 2.45) is 0 Å². The Balaban J connectivity index is 0.00000144. The molecule has 0 atom stereocenters. The molecule has 0 aliphatic heterocycles. The average molecular weight is 303 g/mol. The largest absolute Gasteiger partial charge is 1.00 e. The van der Waals surface area contributed by atoms with Crippen LogP contribution in [-0.4, -0.2) is 0 Å². The molecule has 0 aromatic heterocycles. The fraction of sp³-hybridized carbons (Fsp3) is 0.0714. The third kappa shape index (κ3) is 3.78. The van der Waals surface area contributed by atoms with Crippen molar-refractivity contribution in [2.75, 3.05) is 0 Å². The molecule has 0 heterocycles. The van der Waals surface area contributed by atoms with Gasteiger partial charge in [-0.15, -0.1) is 0 Å². The van der Waals surface area contributed by atoms with Crippen LogP contribution in [0.4, 0.5) is 8.78 Å². The van der Waals surface area contributed by atoms with E-state index >= 15 is 0 Å². The third-order valence-corrected chi connectivity index (χ3v) is 2.48. The van der Waals surface area contributed by atoms with Crippen LogP contribution in [0, 0.1) is 18.6 Å². The Hall–Kier alpha value is 0.105. The fourth-order valence-corrected chi connectivity index (χ4v) is 1.60. The van der Waals surface area contributed by atoms with Crippen LogP contribution in [0.25, 0.3) is 11.1 Å². The molecule has 2 aromatic rings. The van der Waals surface area contributed by atoms with Crippen molar-refractivity contribution < 1.29 is 67.0 Å². The van der Waals surface area contributed by atoms with Gasteiger partial charge in [0.05, 0.1) is 0 Å². The number of hydrogen-bond acceptors (Lipinski definition) is 0. The Labute approximate surface area is 149 Å². The van der Waals surface area contributed by atoms with E-state index in [0.29, 0.717) is 23.1 Å². The molecular formula is C14H11F2Rb. The van der Waals surface area contributed by atoms with E-state index in [0.717, 1.165) is 0 Å². The molecule has 0 saturated carbocycles. The van der Waals surface area contributed by atoms with Crippen molar-refractivity contribution in [2.45, 2.75) is 6.42 Å². The second-order valence-electron chi connectivity index (χ2n) is 3.57. The maximum absolute atomic E-state index is 13.5. The summed E-state index contributed by atoms with van der Waals surface area (Å²) in [5.41, 5.74) is 1.92. The van der Waals surface area contributed by atoms with Gasteiger partial charge in [-0.1, -0.05) is 24.3 Å². The van der Waals surface area contributed by atoms with E-state index in [1.807, 2.05) is 0 Å². The minimum absolute atomic E-state index is 0. The molecule has 0 N–H and O–H groups in total. The van der Waals surface area contributed by atoms with Gasteiger partial charge in [0.25, 0.3) is 0 Å². The van der Waals surface area contributed by atoms with E-state index in [2.05, 4.69) is 6.92 Å². The quantitative estimate of drug-likeness (QED) is 0.727. The predicted molar refractivity (Wildman–Crippen MR) is 60.9 cm³/mol. The number of halogens is 2. The van der Waals surface area contributed by atoms with Gasteiger partial charge in [0, 0.05) is 0 Å². The molecule has 0 aliphatic rings. The number of benzene rings is 2. The van der Waals surface area contributed by atoms with Crippen LogP contribution in [0.2, 0.25) is 0 Å². The van der Waals surface area contributed by atoms with E-state index in [1.54, 1.807) is 24.3 Å². The van der Waals surface area contributed by atoms with Gasteiger partial charge in [0.15, 0.2) is 0 Å². The smallest absolute Gasteiger partial charge is 0.339 e. The Bertz CT molecular complexity index is 509. The summed E-state index contributed by atoms with van der Waals surface area (Å²) in [5, 5.41) is 0. The van der Waals surface area contributed by atoms with Crippen LogP contribution in [0.3, 0.4) is 0 Å². The first-order chi connectivity index (χ1) is 7.70. The molecule has 0 spiro atoms. The molecule has 0 saturated heterocycles. The van der Waals surface area contributed by atoms with E-state index in [4.69, 9.17) is 0 Å². The normalized spacial score (nSPS) is 9.82. The first-order valence-electron chi connectivity index (χ1n) is 5.04. The molecule has 82 valence electrons. The minimum Gasteiger partial charge on any atom is -0.339 e. The summed E-state index contributed by atoms with van der Waals surface area (Å²) in [6, 6.07) is 11.0. The molecule has 17 heavy (non-hydrogen) atoms. The van der Waals surface area contributed by atoms with E-state index in [9.17, 15) is 8.78 Å². The minimum atomic E-state index is -0.320. The van der Waals surface area contributed by atoms with E-state index in [-0.39, 0.29) is 69.8 Å². The Morgan fingerprint density at radius 2 is 1.65 bits per heavy atom. The first-order valence-corrected chi connectivity index (χ1v) is 5.04. The Kier molecular flexibility index (Phi) is 6.14. The third-order valence-electron chi connectivity index (χ3n) is 2.48. The standard InChI is InChI=1S/C14H11F2.Rb/c1-2-10-6-7-12(9-14(10)16)11-4-3-5-13(15)8-11;/h3-9H,1-2H2;/q-1;+1. The van der Waals surface area contributed by atoms with Crippen molar-refractivity contribution >= 4 is 0 Å². The summed E-state index contributed by atoms with van der Waals surface area (Å²) >= 11 is 0. The van der Waals surface area contributed by atoms with Gasteiger partial charge in [0.1, 0.15) is 11.6 Å².